The van der Waals surface area contributed by atoms with Crippen LogP contribution in [0.5, 0.6) is 5.75 Å². The molecule has 1 fully saturated rings. The number of hydrogen-bond donors (Lipinski definition) is 0. The quantitative estimate of drug-likeness (QED) is 0.867. The van der Waals surface area contributed by atoms with Gasteiger partial charge in [-0.05, 0) is 24.1 Å². The molecule has 1 unspecified atom stereocenters. The molecule has 0 saturated carbocycles. The van der Waals surface area contributed by atoms with Gasteiger partial charge in [-0.1, -0.05) is 42.5 Å². The van der Waals surface area contributed by atoms with E-state index in [1.54, 1.807) is 14.0 Å². The number of piperazine rings is 1. The van der Waals surface area contributed by atoms with Crippen LogP contribution in [0.15, 0.2) is 54.6 Å². The predicted octanol–water partition coefficient (Wildman–Crippen LogP) is 2.98. The molecule has 1 aliphatic heterocycles. The van der Waals surface area contributed by atoms with E-state index in [1.165, 1.54) is 5.56 Å². The van der Waals surface area contributed by atoms with Crippen LogP contribution >= 0.6 is 0 Å². The highest BCUT2D eigenvalue weighted by molar-refractivity contribution is 5.74. The molecule has 0 N–H and O–H groups in total. The van der Waals surface area contributed by atoms with Crippen LogP contribution in [0.2, 0.25) is 0 Å². The zero-order valence-electron chi connectivity index (χ0n) is 14.3. The van der Waals surface area contributed by atoms with E-state index in [0.717, 1.165) is 37.5 Å². The molecule has 1 amide bonds. The smallest absolute Gasteiger partial charge is 0.219 e. The van der Waals surface area contributed by atoms with Crippen molar-refractivity contribution < 1.29 is 9.53 Å². The van der Waals surface area contributed by atoms with Gasteiger partial charge in [0.1, 0.15) is 5.75 Å². The molecule has 2 aromatic carbocycles. The lowest BCUT2D eigenvalue weighted by Crippen LogP contribution is -2.55. The second-order valence-electron chi connectivity index (χ2n) is 6.17. The number of benzene rings is 2. The third-order valence-electron chi connectivity index (χ3n) is 4.63. The third kappa shape index (κ3) is 3.53. The molecule has 4 nitrogen and oxygen atoms in total. The molecule has 0 spiro atoms. The molecule has 0 aromatic heterocycles. The summed E-state index contributed by atoms with van der Waals surface area (Å²) in [5.41, 5.74) is 2.36. The molecular weight excluding hydrogens is 300 g/mol. The van der Waals surface area contributed by atoms with E-state index < -0.39 is 0 Å². The summed E-state index contributed by atoms with van der Waals surface area (Å²) in [6, 6.07) is 18.6. The highest BCUT2D eigenvalue weighted by Crippen LogP contribution is 2.30. The molecule has 0 bridgehead atoms. The standard InChI is InChI=1S/C20H24N2O2/c1-16(23)22-13-12-21(19-10-6-7-11-20(19)24-2)15-18(22)14-17-8-4-3-5-9-17/h3-11,18H,12-15H2,1-2H3. The van der Waals surface area contributed by atoms with Crippen LogP contribution < -0.4 is 9.64 Å². The number of carbonyl (C=O) groups excluding carboxylic acids is 1. The summed E-state index contributed by atoms with van der Waals surface area (Å²) in [4.78, 5) is 16.4. The van der Waals surface area contributed by atoms with Crippen LogP contribution in [0.1, 0.15) is 12.5 Å². The molecule has 2 aromatic rings. The van der Waals surface area contributed by atoms with Crippen molar-refractivity contribution >= 4 is 11.6 Å². The predicted molar refractivity (Wildman–Crippen MR) is 96.5 cm³/mol. The van der Waals surface area contributed by atoms with E-state index in [-0.39, 0.29) is 11.9 Å². The summed E-state index contributed by atoms with van der Waals surface area (Å²) in [6.45, 7) is 4.04. The van der Waals surface area contributed by atoms with Crippen LogP contribution in [0, 0.1) is 0 Å². The minimum atomic E-state index is 0.149. The number of nitrogens with zero attached hydrogens (tertiary/aromatic N) is 2. The van der Waals surface area contributed by atoms with E-state index >= 15 is 0 Å². The Balaban J connectivity index is 1.82. The number of amides is 1. The first-order chi connectivity index (χ1) is 11.7. The van der Waals surface area contributed by atoms with Crippen molar-refractivity contribution in [1.29, 1.82) is 0 Å². The fourth-order valence-corrected chi connectivity index (χ4v) is 3.44. The van der Waals surface area contributed by atoms with Crippen molar-refractivity contribution in [2.24, 2.45) is 0 Å². The van der Waals surface area contributed by atoms with Crippen molar-refractivity contribution in [2.45, 2.75) is 19.4 Å². The first kappa shape index (κ1) is 16.4. The van der Waals surface area contributed by atoms with Gasteiger partial charge < -0.3 is 14.5 Å². The zero-order valence-corrected chi connectivity index (χ0v) is 14.3. The molecule has 3 rings (SSSR count). The molecule has 1 atom stereocenters. The third-order valence-corrected chi connectivity index (χ3v) is 4.63. The van der Waals surface area contributed by atoms with Gasteiger partial charge in [0, 0.05) is 26.6 Å². The molecule has 0 radical (unpaired) electrons. The Morgan fingerprint density at radius 1 is 1.08 bits per heavy atom. The number of hydrogen-bond acceptors (Lipinski definition) is 3. The van der Waals surface area contributed by atoms with E-state index in [1.807, 2.05) is 41.3 Å². The van der Waals surface area contributed by atoms with E-state index in [2.05, 4.69) is 23.1 Å². The fraction of sp³-hybridized carbons (Fsp3) is 0.350. The number of ether oxygens (including phenoxy) is 1. The van der Waals surface area contributed by atoms with E-state index in [0.29, 0.717) is 0 Å². The Hall–Kier alpha value is -2.49. The van der Waals surface area contributed by atoms with Crippen molar-refractivity contribution in [1.82, 2.24) is 4.90 Å². The molecule has 126 valence electrons. The van der Waals surface area contributed by atoms with Crippen molar-refractivity contribution in [3.8, 4) is 5.75 Å². The van der Waals surface area contributed by atoms with Crippen molar-refractivity contribution in [3.63, 3.8) is 0 Å². The lowest BCUT2D eigenvalue weighted by Gasteiger charge is -2.42. The SMILES string of the molecule is COc1ccccc1N1CCN(C(C)=O)C(Cc2ccccc2)C1. The maximum atomic E-state index is 12.0. The lowest BCUT2D eigenvalue weighted by molar-refractivity contribution is -0.131. The van der Waals surface area contributed by atoms with Crippen LogP contribution in [0.3, 0.4) is 0 Å². The van der Waals surface area contributed by atoms with Gasteiger partial charge in [-0.15, -0.1) is 0 Å². The minimum absolute atomic E-state index is 0.149. The molecular formula is C20H24N2O2. The summed E-state index contributed by atoms with van der Waals surface area (Å²) in [7, 11) is 1.70. The molecule has 1 saturated heterocycles. The van der Waals surface area contributed by atoms with Crippen molar-refractivity contribution in [2.75, 3.05) is 31.6 Å². The first-order valence-electron chi connectivity index (χ1n) is 8.38. The van der Waals surface area contributed by atoms with Crippen LogP contribution in [-0.2, 0) is 11.2 Å². The minimum Gasteiger partial charge on any atom is -0.495 e. The van der Waals surface area contributed by atoms with Gasteiger partial charge in [-0.25, -0.2) is 0 Å². The Morgan fingerprint density at radius 2 is 1.79 bits per heavy atom. The number of rotatable bonds is 4. The highest BCUT2D eigenvalue weighted by atomic mass is 16.5. The average Bonchev–Trinajstić information content (AvgIpc) is 2.62. The van der Waals surface area contributed by atoms with E-state index in [4.69, 9.17) is 4.74 Å². The monoisotopic (exact) mass is 324 g/mol. The van der Waals surface area contributed by atoms with Crippen molar-refractivity contribution in [3.05, 3.63) is 60.2 Å². The Kier molecular flexibility index (Phi) is 5.04. The summed E-state index contributed by atoms with van der Waals surface area (Å²) < 4.78 is 5.50. The van der Waals surface area contributed by atoms with Crippen LogP contribution in [-0.4, -0.2) is 43.6 Å². The lowest BCUT2D eigenvalue weighted by atomic mass is 10.0. The maximum Gasteiger partial charge on any atom is 0.219 e. The normalized spacial score (nSPS) is 17.7. The number of carbonyl (C=O) groups is 1. The maximum absolute atomic E-state index is 12.0. The summed E-state index contributed by atoms with van der Waals surface area (Å²) in [5, 5.41) is 0. The number of para-hydroxylation sites is 2. The second kappa shape index (κ2) is 7.39. The highest BCUT2D eigenvalue weighted by Gasteiger charge is 2.29. The molecule has 4 heteroatoms. The van der Waals surface area contributed by atoms with Gasteiger partial charge >= 0.3 is 0 Å². The zero-order chi connectivity index (χ0) is 16.9. The van der Waals surface area contributed by atoms with Gasteiger partial charge in [-0.2, -0.15) is 0 Å². The second-order valence-corrected chi connectivity index (χ2v) is 6.17. The topological polar surface area (TPSA) is 32.8 Å². The fourth-order valence-electron chi connectivity index (χ4n) is 3.44. The molecule has 0 aliphatic carbocycles. The van der Waals surface area contributed by atoms with Gasteiger partial charge in [0.05, 0.1) is 18.8 Å². The largest absolute Gasteiger partial charge is 0.495 e. The van der Waals surface area contributed by atoms with Crippen LogP contribution in [0.4, 0.5) is 5.69 Å². The van der Waals surface area contributed by atoms with Gasteiger partial charge in [0.15, 0.2) is 0 Å². The Morgan fingerprint density at radius 3 is 2.50 bits per heavy atom. The Labute approximate surface area is 143 Å². The summed E-state index contributed by atoms with van der Waals surface area (Å²) >= 11 is 0. The first-order valence-corrected chi connectivity index (χ1v) is 8.38. The number of anilines is 1. The molecule has 24 heavy (non-hydrogen) atoms. The van der Waals surface area contributed by atoms with Gasteiger partial charge in [-0.3, -0.25) is 4.79 Å². The van der Waals surface area contributed by atoms with Gasteiger partial charge in [0.2, 0.25) is 5.91 Å². The Bertz CT molecular complexity index is 687. The molecule has 1 heterocycles. The summed E-state index contributed by atoms with van der Waals surface area (Å²) in [5.74, 6) is 1.03. The number of methoxy groups -OCH3 is 1. The molecule has 1 aliphatic rings. The average molecular weight is 324 g/mol. The van der Waals surface area contributed by atoms with Gasteiger partial charge in [0.25, 0.3) is 0 Å². The van der Waals surface area contributed by atoms with E-state index in [9.17, 15) is 4.79 Å². The summed E-state index contributed by atoms with van der Waals surface area (Å²) in [6.07, 6.45) is 0.867. The van der Waals surface area contributed by atoms with Crippen LogP contribution in [0.25, 0.3) is 0 Å².